The van der Waals surface area contributed by atoms with E-state index in [2.05, 4.69) is 29.6 Å². The van der Waals surface area contributed by atoms with Gasteiger partial charge in [0.15, 0.2) is 0 Å². The van der Waals surface area contributed by atoms with Crippen LogP contribution in [0.5, 0.6) is 0 Å². The van der Waals surface area contributed by atoms with Gasteiger partial charge in [-0.15, -0.1) is 0 Å². The Hall–Kier alpha value is -1.35. The molecule has 0 aromatic heterocycles. The largest absolute Gasteiger partial charge is 0.339 e. The molecule has 136 valence electrons. The van der Waals surface area contributed by atoms with Crippen LogP contribution in [-0.2, 0) is 0 Å². The minimum absolute atomic E-state index is 0.218. The maximum atomic E-state index is 12.8. The summed E-state index contributed by atoms with van der Waals surface area (Å²) in [6, 6.07) is 9.13. The van der Waals surface area contributed by atoms with E-state index < -0.39 is 0 Å². The first-order valence-corrected chi connectivity index (χ1v) is 10.4. The van der Waals surface area contributed by atoms with Crippen LogP contribution in [0.3, 0.4) is 0 Å². The molecule has 0 bridgehead atoms. The first kappa shape index (κ1) is 17.1. The van der Waals surface area contributed by atoms with E-state index in [4.69, 9.17) is 0 Å². The molecule has 3 nitrogen and oxygen atoms in total. The molecule has 2 saturated carbocycles. The van der Waals surface area contributed by atoms with E-state index in [0.717, 1.165) is 37.4 Å². The van der Waals surface area contributed by atoms with Crippen molar-refractivity contribution in [3.05, 3.63) is 35.4 Å². The molecule has 1 N–H and O–H groups in total. The van der Waals surface area contributed by atoms with Crippen molar-refractivity contribution < 1.29 is 4.79 Å². The van der Waals surface area contributed by atoms with Crippen molar-refractivity contribution in [3.63, 3.8) is 0 Å². The Balaban J connectivity index is 1.28. The highest BCUT2D eigenvalue weighted by molar-refractivity contribution is 5.94. The third-order valence-electron chi connectivity index (χ3n) is 6.41. The van der Waals surface area contributed by atoms with Gasteiger partial charge in [0, 0.05) is 24.7 Å². The van der Waals surface area contributed by atoms with Gasteiger partial charge in [-0.3, -0.25) is 4.79 Å². The highest BCUT2D eigenvalue weighted by Crippen LogP contribution is 2.32. The number of hydrogen-bond donors (Lipinski definition) is 1. The number of benzene rings is 1. The molecule has 3 aliphatic rings. The fraction of sp³-hybridized carbons (Fsp3) is 0.682. The fourth-order valence-electron chi connectivity index (χ4n) is 4.46. The second kappa shape index (κ2) is 7.90. The topological polar surface area (TPSA) is 32.3 Å². The average molecular weight is 341 g/mol. The van der Waals surface area contributed by atoms with Gasteiger partial charge in [0.2, 0.25) is 0 Å². The zero-order valence-corrected chi connectivity index (χ0v) is 15.4. The summed E-state index contributed by atoms with van der Waals surface area (Å²) in [6.07, 6.45) is 11.7. The molecular weight excluding hydrogens is 308 g/mol. The van der Waals surface area contributed by atoms with Crippen molar-refractivity contribution in [2.45, 2.75) is 69.7 Å². The van der Waals surface area contributed by atoms with E-state index in [1.807, 2.05) is 4.90 Å². The molecule has 0 atom stereocenters. The van der Waals surface area contributed by atoms with Gasteiger partial charge in [-0.2, -0.15) is 0 Å². The van der Waals surface area contributed by atoms with Crippen molar-refractivity contribution in [1.29, 1.82) is 0 Å². The lowest BCUT2D eigenvalue weighted by atomic mass is 9.84. The second-order valence-electron chi connectivity index (χ2n) is 8.38. The minimum atomic E-state index is 0.218. The van der Waals surface area contributed by atoms with Crippen molar-refractivity contribution in [3.8, 4) is 0 Å². The summed E-state index contributed by atoms with van der Waals surface area (Å²) < 4.78 is 0. The van der Waals surface area contributed by atoms with Gasteiger partial charge < -0.3 is 10.2 Å². The van der Waals surface area contributed by atoms with E-state index in [1.165, 1.54) is 57.1 Å². The highest BCUT2D eigenvalue weighted by atomic mass is 16.2. The summed E-state index contributed by atoms with van der Waals surface area (Å²) in [5.74, 6) is 1.87. The molecule has 1 aliphatic heterocycles. The lowest BCUT2D eigenvalue weighted by Gasteiger charge is -2.32. The molecule has 2 aliphatic carbocycles. The van der Waals surface area contributed by atoms with E-state index in [-0.39, 0.29) is 5.91 Å². The Morgan fingerprint density at radius 2 is 1.60 bits per heavy atom. The Labute approximate surface area is 152 Å². The summed E-state index contributed by atoms with van der Waals surface area (Å²) in [4.78, 5) is 14.8. The van der Waals surface area contributed by atoms with Gasteiger partial charge >= 0.3 is 0 Å². The predicted octanol–water partition coefficient (Wildman–Crippen LogP) is 4.34. The number of likely N-dealkylation sites (tertiary alicyclic amines) is 1. The normalized spacial score (nSPS) is 23.0. The van der Waals surface area contributed by atoms with E-state index in [1.54, 1.807) is 0 Å². The Bertz CT molecular complexity index is 564. The Kier molecular flexibility index (Phi) is 5.40. The first-order chi connectivity index (χ1) is 12.3. The minimum Gasteiger partial charge on any atom is -0.339 e. The fourth-order valence-corrected chi connectivity index (χ4v) is 4.46. The lowest BCUT2D eigenvalue weighted by Crippen LogP contribution is -2.45. The molecule has 3 heteroatoms. The van der Waals surface area contributed by atoms with Crippen LogP contribution in [0.4, 0.5) is 0 Å². The van der Waals surface area contributed by atoms with Crippen LogP contribution in [-0.4, -0.2) is 36.5 Å². The Morgan fingerprint density at radius 1 is 0.920 bits per heavy atom. The van der Waals surface area contributed by atoms with Gasteiger partial charge in [0.25, 0.3) is 5.91 Å². The monoisotopic (exact) mass is 340 g/mol. The highest BCUT2D eigenvalue weighted by Gasteiger charge is 2.26. The average Bonchev–Trinajstić information content (AvgIpc) is 3.52. The number of nitrogens with one attached hydrogen (secondary N) is 1. The van der Waals surface area contributed by atoms with Gasteiger partial charge in [-0.05, 0) is 74.6 Å². The summed E-state index contributed by atoms with van der Waals surface area (Å²) in [6.45, 7) is 2.97. The molecule has 1 saturated heterocycles. The molecule has 0 spiro atoms. The first-order valence-electron chi connectivity index (χ1n) is 10.4. The van der Waals surface area contributed by atoms with Crippen LogP contribution in [0, 0.1) is 5.92 Å². The van der Waals surface area contributed by atoms with Crippen molar-refractivity contribution in [2.75, 3.05) is 19.6 Å². The molecule has 3 fully saturated rings. The van der Waals surface area contributed by atoms with Gasteiger partial charge in [0.1, 0.15) is 0 Å². The number of rotatable bonds is 5. The van der Waals surface area contributed by atoms with E-state index in [0.29, 0.717) is 12.0 Å². The molecule has 0 unspecified atom stereocenters. The van der Waals surface area contributed by atoms with E-state index in [9.17, 15) is 4.79 Å². The zero-order chi connectivity index (χ0) is 17.1. The van der Waals surface area contributed by atoms with Crippen LogP contribution in [0.2, 0.25) is 0 Å². The standard InChI is InChI=1S/C22H32N2O/c25-22(24-14-12-21(13-15-24)23-16-17-6-7-17)20-10-8-19(9-11-20)18-4-2-1-3-5-18/h8-11,17-18,21,23H,1-7,12-16H2. The van der Waals surface area contributed by atoms with Crippen LogP contribution >= 0.6 is 0 Å². The summed E-state index contributed by atoms with van der Waals surface area (Å²) in [7, 11) is 0. The maximum Gasteiger partial charge on any atom is 0.253 e. The van der Waals surface area contributed by atoms with Crippen LogP contribution < -0.4 is 5.32 Å². The molecule has 1 aromatic rings. The van der Waals surface area contributed by atoms with Gasteiger partial charge in [0.05, 0.1) is 0 Å². The summed E-state index contributed by atoms with van der Waals surface area (Å²) in [5, 5.41) is 3.69. The molecule has 4 rings (SSSR count). The van der Waals surface area contributed by atoms with Gasteiger partial charge in [-0.1, -0.05) is 31.4 Å². The summed E-state index contributed by atoms with van der Waals surface area (Å²) in [5.41, 5.74) is 2.29. The Morgan fingerprint density at radius 3 is 2.24 bits per heavy atom. The molecule has 1 aromatic carbocycles. The van der Waals surface area contributed by atoms with E-state index >= 15 is 0 Å². The van der Waals surface area contributed by atoms with Crippen molar-refractivity contribution >= 4 is 5.91 Å². The molecule has 25 heavy (non-hydrogen) atoms. The molecule has 1 heterocycles. The number of carbonyl (C=O) groups is 1. The lowest BCUT2D eigenvalue weighted by molar-refractivity contribution is 0.0705. The quantitative estimate of drug-likeness (QED) is 0.865. The number of carbonyl (C=O) groups excluding carboxylic acids is 1. The maximum absolute atomic E-state index is 12.8. The van der Waals surface area contributed by atoms with Crippen LogP contribution in [0.1, 0.15) is 79.6 Å². The summed E-state index contributed by atoms with van der Waals surface area (Å²) >= 11 is 0. The SMILES string of the molecule is O=C(c1ccc(C2CCCCC2)cc1)N1CCC(NCC2CC2)CC1. The molecule has 1 amide bonds. The predicted molar refractivity (Wildman–Crippen MR) is 102 cm³/mol. The molecular formula is C22H32N2O. The zero-order valence-electron chi connectivity index (χ0n) is 15.4. The van der Waals surface area contributed by atoms with Crippen molar-refractivity contribution in [1.82, 2.24) is 10.2 Å². The number of piperidine rings is 1. The smallest absolute Gasteiger partial charge is 0.253 e. The number of nitrogens with zero attached hydrogens (tertiary/aromatic N) is 1. The molecule has 0 radical (unpaired) electrons. The van der Waals surface area contributed by atoms with Crippen LogP contribution in [0.25, 0.3) is 0 Å². The number of amides is 1. The second-order valence-corrected chi connectivity index (χ2v) is 8.38. The van der Waals surface area contributed by atoms with Crippen LogP contribution in [0.15, 0.2) is 24.3 Å². The van der Waals surface area contributed by atoms with Crippen molar-refractivity contribution in [2.24, 2.45) is 5.92 Å². The third kappa shape index (κ3) is 4.44. The third-order valence-corrected chi connectivity index (χ3v) is 6.41. The van der Waals surface area contributed by atoms with Gasteiger partial charge in [-0.25, -0.2) is 0 Å². The number of hydrogen-bond acceptors (Lipinski definition) is 2.